The molecule has 0 radical (unpaired) electrons. The van der Waals surface area contributed by atoms with Crippen molar-refractivity contribution >= 4 is 33.5 Å². The molecule has 4 aromatic rings. The van der Waals surface area contributed by atoms with Crippen molar-refractivity contribution in [1.82, 2.24) is 0 Å². The van der Waals surface area contributed by atoms with Crippen LogP contribution in [0.1, 0.15) is 10.4 Å². The molecule has 0 unspecified atom stereocenters. The number of fused-ring (bicyclic) bond motifs is 3. The van der Waals surface area contributed by atoms with Crippen LogP contribution in [0.3, 0.4) is 0 Å². The van der Waals surface area contributed by atoms with Crippen LogP contribution < -0.4 is 24.3 Å². The number of hydrogen-bond acceptors (Lipinski definition) is 6. The Balaban J connectivity index is 1.77. The SMILES string of the molecule is COc1cc2c(cc1NC(=O)c1ccc(OC)c(OC)c1OC)oc1ccccc12. The van der Waals surface area contributed by atoms with E-state index in [0.717, 1.165) is 16.4 Å². The Morgan fingerprint density at radius 2 is 1.50 bits per heavy atom. The molecule has 0 spiro atoms. The van der Waals surface area contributed by atoms with Gasteiger partial charge < -0.3 is 28.7 Å². The average Bonchev–Trinajstić information content (AvgIpc) is 3.14. The van der Waals surface area contributed by atoms with E-state index in [1.807, 2.05) is 30.3 Å². The standard InChI is InChI=1S/C23H21NO6/c1-26-18-10-9-14(21(28-3)22(18)29-4)23(25)24-16-12-19-15(11-20(16)27-2)13-7-5-6-8-17(13)30-19/h5-12H,1-4H3,(H,24,25). The maximum atomic E-state index is 13.1. The molecule has 1 amide bonds. The van der Waals surface area contributed by atoms with Gasteiger partial charge in [-0.15, -0.1) is 0 Å². The first-order valence-corrected chi connectivity index (χ1v) is 9.20. The Bertz CT molecular complexity index is 1240. The minimum absolute atomic E-state index is 0.276. The zero-order valence-corrected chi connectivity index (χ0v) is 17.1. The van der Waals surface area contributed by atoms with Crippen molar-refractivity contribution in [1.29, 1.82) is 0 Å². The van der Waals surface area contributed by atoms with Crippen LogP contribution in [0.4, 0.5) is 5.69 Å². The van der Waals surface area contributed by atoms with Crippen LogP contribution in [0.25, 0.3) is 21.9 Å². The van der Waals surface area contributed by atoms with E-state index in [9.17, 15) is 4.79 Å². The lowest BCUT2D eigenvalue weighted by molar-refractivity contribution is 0.102. The Kier molecular flexibility index (Phi) is 5.10. The number of para-hydroxylation sites is 1. The highest BCUT2D eigenvalue weighted by molar-refractivity contribution is 6.11. The van der Waals surface area contributed by atoms with E-state index in [0.29, 0.717) is 34.1 Å². The molecular formula is C23H21NO6. The second-order valence-electron chi connectivity index (χ2n) is 6.48. The number of ether oxygens (including phenoxy) is 4. The van der Waals surface area contributed by atoms with Gasteiger partial charge in [-0.3, -0.25) is 4.79 Å². The van der Waals surface area contributed by atoms with Crippen LogP contribution in [0, 0.1) is 0 Å². The van der Waals surface area contributed by atoms with E-state index in [-0.39, 0.29) is 11.7 Å². The Labute approximate surface area is 173 Å². The highest BCUT2D eigenvalue weighted by atomic mass is 16.5. The summed E-state index contributed by atoms with van der Waals surface area (Å²) < 4.78 is 27.5. The Morgan fingerprint density at radius 3 is 2.20 bits per heavy atom. The molecule has 1 aromatic heterocycles. The first-order valence-electron chi connectivity index (χ1n) is 9.20. The molecule has 1 heterocycles. The van der Waals surface area contributed by atoms with E-state index in [1.54, 1.807) is 25.3 Å². The van der Waals surface area contributed by atoms with Gasteiger partial charge in [0.15, 0.2) is 11.5 Å². The average molecular weight is 407 g/mol. The van der Waals surface area contributed by atoms with Crippen molar-refractivity contribution in [2.75, 3.05) is 33.8 Å². The zero-order chi connectivity index (χ0) is 21.3. The van der Waals surface area contributed by atoms with Crippen molar-refractivity contribution in [2.45, 2.75) is 0 Å². The van der Waals surface area contributed by atoms with Gasteiger partial charge in [-0.05, 0) is 24.3 Å². The van der Waals surface area contributed by atoms with Crippen LogP contribution in [-0.4, -0.2) is 34.3 Å². The second kappa shape index (κ2) is 7.87. The fourth-order valence-corrected chi connectivity index (χ4v) is 3.49. The molecule has 0 fully saturated rings. The number of carbonyl (C=O) groups is 1. The monoisotopic (exact) mass is 407 g/mol. The maximum Gasteiger partial charge on any atom is 0.259 e. The Hall–Kier alpha value is -3.87. The molecule has 0 aliphatic carbocycles. The van der Waals surface area contributed by atoms with E-state index < -0.39 is 0 Å². The van der Waals surface area contributed by atoms with Gasteiger partial charge in [-0.25, -0.2) is 0 Å². The van der Waals surface area contributed by atoms with Crippen molar-refractivity contribution in [2.24, 2.45) is 0 Å². The molecule has 7 nitrogen and oxygen atoms in total. The molecule has 1 N–H and O–H groups in total. The predicted octanol–water partition coefficient (Wildman–Crippen LogP) is 4.87. The summed E-state index contributed by atoms with van der Waals surface area (Å²) >= 11 is 0. The molecule has 0 aliphatic heterocycles. The van der Waals surface area contributed by atoms with Gasteiger partial charge in [-0.1, -0.05) is 18.2 Å². The van der Waals surface area contributed by atoms with E-state index >= 15 is 0 Å². The summed E-state index contributed by atoms with van der Waals surface area (Å²) in [6, 6.07) is 14.6. The van der Waals surface area contributed by atoms with Crippen LogP contribution in [0.5, 0.6) is 23.0 Å². The summed E-state index contributed by atoms with van der Waals surface area (Å²) in [6.07, 6.45) is 0. The minimum atomic E-state index is -0.387. The van der Waals surface area contributed by atoms with Crippen LogP contribution in [0.2, 0.25) is 0 Å². The zero-order valence-electron chi connectivity index (χ0n) is 17.1. The lowest BCUT2D eigenvalue weighted by atomic mass is 10.1. The summed E-state index contributed by atoms with van der Waals surface area (Å²) in [5.41, 5.74) is 2.18. The second-order valence-corrected chi connectivity index (χ2v) is 6.48. The van der Waals surface area contributed by atoms with E-state index in [4.69, 9.17) is 23.4 Å². The van der Waals surface area contributed by atoms with Gasteiger partial charge in [0.2, 0.25) is 5.75 Å². The quantitative estimate of drug-likeness (QED) is 0.491. The largest absolute Gasteiger partial charge is 0.495 e. The summed E-state index contributed by atoms with van der Waals surface area (Å²) in [7, 11) is 6.02. The van der Waals surface area contributed by atoms with Crippen LogP contribution in [-0.2, 0) is 0 Å². The first-order chi connectivity index (χ1) is 14.6. The van der Waals surface area contributed by atoms with Gasteiger partial charge in [0.25, 0.3) is 5.91 Å². The summed E-state index contributed by atoms with van der Waals surface area (Å²) in [5.74, 6) is 1.21. The highest BCUT2D eigenvalue weighted by Gasteiger charge is 2.22. The van der Waals surface area contributed by atoms with Gasteiger partial charge >= 0.3 is 0 Å². The van der Waals surface area contributed by atoms with Crippen molar-refractivity contribution < 1.29 is 28.2 Å². The number of hydrogen-bond donors (Lipinski definition) is 1. The number of rotatable bonds is 6. The molecule has 4 rings (SSSR count). The number of carbonyl (C=O) groups excluding carboxylic acids is 1. The highest BCUT2D eigenvalue weighted by Crippen LogP contribution is 2.41. The van der Waals surface area contributed by atoms with Crippen molar-refractivity contribution in [3.8, 4) is 23.0 Å². The molecule has 0 bridgehead atoms. The van der Waals surface area contributed by atoms with Gasteiger partial charge in [0, 0.05) is 16.8 Å². The van der Waals surface area contributed by atoms with Crippen LogP contribution in [0.15, 0.2) is 52.9 Å². The van der Waals surface area contributed by atoms with E-state index in [1.165, 1.54) is 21.3 Å². The van der Waals surface area contributed by atoms with Gasteiger partial charge in [-0.2, -0.15) is 0 Å². The molecule has 154 valence electrons. The molecular weight excluding hydrogens is 386 g/mol. The fourth-order valence-electron chi connectivity index (χ4n) is 3.49. The van der Waals surface area contributed by atoms with Crippen LogP contribution >= 0.6 is 0 Å². The maximum absolute atomic E-state index is 13.1. The third kappa shape index (κ3) is 3.14. The molecule has 30 heavy (non-hydrogen) atoms. The van der Waals surface area contributed by atoms with E-state index in [2.05, 4.69) is 5.32 Å². The predicted molar refractivity (Wildman–Crippen MR) is 114 cm³/mol. The summed E-state index contributed by atoms with van der Waals surface area (Å²) in [4.78, 5) is 13.1. The third-order valence-electron chi connectivity index (χ3n) is 4.90. The smallest absolute Gasteiger partial charge is 0.259 e. The normalized spacial score (nSPS) is 10.8. The number of anilines is 1. The molecule has 0 saturated carbocycles. The lowest BCUT2D eigenvalue weighted by Gasteiger charge is -2.16. The number of furan rings is 1. The molecule has 7 heteroatoms. The molecule has 0 atom stereocenters. The van der Waals surface area contributed by atoms with Crippen molar-refractivity contribution in [3.63, 3.8) is 0 Å². The number of amides is 1. The molecule has 3 aromatic carbocycles. The third-order valence-corrected chi connectivity index (χ3v) is 4.90. The summed E-state index contributed by atoms with van der Waals surface area (Å²) in [5, 5.41) is 4.76. The first kappa shape index (κ1) is 19.4. The van der Waals surface area contributed by atoms with Gasteiger partial charge in [0.05, 0.1) is 39.7 Å². The number of methoxy groups -OCH3 is 4. The molecule has 0 aliphatic rings. The minimum Gasteiger partial charge on any atom is -0.495 e. The number of nitrogens with one attached hydrogen (secondary N) is 1. The van der Waals surface area contributed by atoms with Gasteiger partial charge in [0.1, 0.15) is 16.9 Å². The topological polar surface area (TPSA) is 79.2 Å². The van der Waals surface area contributed by atoms with Crippen molar-refractivity contribution in [3.05, 3.63) is 54.1 Å². The summed E-state index contributed by atoms with van der Waals surface area (Å²) in [6.45, 7) is 0. The molecule has 0 saturated heterocycles. The number of benzene rings is 3. The fraction of sp³-hybridized carbons (Fsp3) is 0.174. The lowest BCUT2D eigenvalue weighted by Crippen LogP contribution is -2.14. The Morgan fingerprint density at radius 1 is 0.767 bits per heavy atom.